The summed E-state index contributed by atoms with van der Waals surface area (Å²) in [6.45, 7) is 4.30. The Bertz CT molecular complexity index is 435. The van der Waals surface area contributed by atoms with Crippen molar-refractivity contribution in [2.75, 3.05) is 5.32 Å². The van der Waals surface area contributed by atoms with E-state index in [1.807, 2.05) is 13.8 Å². The molecule has 0 spiro atoms. The van der Waals surface area contributed by atoms with Crippen LogP contribution in [0.25, 0.3) is 0 Å². The monoisotopic (exact) mass is 204 g/mol. The summed E-state index contributed by atoms with van der Waals surface area (Å²) in [5, 5.41) is 3.02. The molecule has 0 fully saturated rings. The Morgan fingerprint density at radius 3 is 2.47 bits per heavy atom. The lowest BCUT2D eigenvalue weighted by atomic mass is 10.4. The van der Waals surface area contributed by atoms with Gasteiger partial charge in [0.05, 0.1) is 12.7 Å². The van der Waals surface area contributed by atoms with Gasteiger partial charge in [-0.3, -0.25) is 0 Å². The Morgan fingerprint density at radius 1 is 1.13 bits per heavy atom. The van der Waals surface area contributed by atoms with Gasteiger partial charge in [-0.2, -0.15) is 0 Å². The minimum atomic E-state index is 0.497. The standard InChI is InChI=1S/C10H12N4O/c1-7-3-12-10(13-4-7)14-6-9-11-5-8(2)15-9/h3-5H,6H2,1-2H3,(H,12,13,14). The maximum Gasteiger partial charge on any atom is 0.223 e. The molecular weight excluding hydrogens is 192 g/mol. The summed E-state index contributed by atoms with van der Waals surface area (Å²) in [6, 6.07) is 0. The van der Waals surface area contributed by atoms with Gasteiger partial charge in [0, 0.05) is 12.4 Å². The molecule has 78 valence electrons. The van der Waals surface area contributed by atoms with Gasteiger partial charge in [-0.1, -0.05) is 0 Å². The Kier molecular flexibility index (Phi) is 2.62. The first-order chi connectivity index (χ1) is 7.24. The largest absolute Gasteiger partial charge is 0.444 e. The summed E-state index contributed by atoms with van der Waals surface area (Å²) in [4.78, 5) is 12.3. The molecule has 0 aliphatic heterocycles. The molecule has 0 saturated heterocycles. The number of oxazole rings is 1. The fourth-order valence-electron chi connectivity index (χ4n) is 1.12. The first kappa shape index (κ1) is 9.64. The Hall–Kier alpha value is -1.91. The summed E-state index contributed by atoms with van der Waals surface area (Å²) in [7, 11) is 0. The second kappa shape index (κ2) is 4.08. The molecule has 0 unspecified atom stereocenters. The lowest BCUT2D eigenvalue weighted by Crippen LogP contribution is -2.03. The molecule has 0 bridgehead atoms. The fraction of sp³-hybridized carbons (Fsp3) is 0.300. The highest BCUT2D eigenvalue weighted by Crippen LogP contribution is 2.04. The van der Waals surface area contributed by atoms with E-state index in [0.717, 1.165) is 11.3 Å². The highest BCUT2D eigenvalue weighted by Gasteiger charge is 2.01. The van der Waals surface area contributed by atoms with Crippen LogP contribution in [0.1, 0.15) is 17.2 Å². The highest BCUT2D eigenvalue weighted by atomic mass is 16.4. The molecule has 5 heteroatoms. The molecule has 0 radical (unpaired) electrons. The SMILES string of the molecule is Cc1cnc(NCc2ncc(C)o2)nc1. The predicted molar refractivity (Wildman–Crippen MR) is 55.3 cm³/mol. The molecule has 2 aromatic rings. The zero-order chi connectivity index (χ0) is 10.7. The number of nitrogens with one attached hydrogen (secondary N) is 1. The molecule has 0 saturated carbocycles. The van der Waals surface area contributed by atoms with Crippen LogP contribution in [0.3, 0.4) is 0 Å². The van der Waals surface area contributed by atoms with Gasteiger partial charge >= 0.3 is 0 Å². The van der Waals surface area contributed by atoms with E-state index in [2.05, 4.69) is 20.3 Å². The van der Waals surface area contributed by atoms with Crippen LogP contribution in [-0.2, 0) is 6.54 Å². The minimum Gasteiger partial charge on any atom is -0.444 e. The Labute approximate surface area is 87.6 Å². The fourth-order valence-corrected chi connectivity index (χ4v) is 1.12. The van der Waals surface area contributed by atoms with Crippen molar-refractivity contribution in [1.29, 1.82) is 0 Å². The van der Waals surface area contributed by atoms with Crippen molar-refractivity contribution in [1.82, 2.24) is 15.0 Å². The van der Waals surface area contributed by atoms with Crippen LogP contribution < -0.4 is 5.32 Å². The van der Waals surface area contributed by atoms with Gasteiger partial charge in [0.2, 0.25) is 11.8 Å². The summed E-state index contributed by atoms with van der Waals surface area (Å²) in [6.07, 6.45) is 5.21. The number of nitrogens with zero attached hydrogens (tertiary/aromatic N) is 3. The van der Waals surface area contributed by atoms with Gasteiger partial charge in [-0.15, -0.1) is 0 Å². The van der Waals surface area contributed by atoms with E-state index in [1.165, 1.54) is 0 Å². The lowest BCUT2D eigenvalue weighted by Gasteiger charge is -2.00. The average Bonchev–Trinajstić information content (AvgIpc) is 2.64. The number of hydrogen-bond acceptors (Lipinski definition) is 5. The van der Waals surface area contributed by atoms with Gasteiger partial charge in [-0.05, 0) is 19.4 Å². The number of aromatic nitrogens is 3. The van der Waals surface area contributed by atoms with E-state index in [0.29, 0.717) is 18.4 Å². The lowest BCUT2D eigenvalue weighted by molar-refractivity contribution is 0.478. The number of hydrogen-bond donors (Lipinski definition) is 1. The maximum atomic E-state index is 5.30. The van der Waals surface area contributed by atoms with Crippen molar-refractivity contribution in [3.63, 3.8) is 0 Å². The first-order valence-corrected chi connectivity index (χ1v) is 4.68. The molecule has 0 amide bonds. The number of anilines is 1. The van der Waals surface area contributed by atoms with Crippen molar-refractivity contribution in [2.24, 2.45) is 0 Å². The smallest absolute Gasteiger partial charge is 0.223 e. The third-order valence-electron chi connectivity index (χ3n) is 1.85. The molecule has 0 atom stereocenters. The zero-order valence-corrected chi connectivity index (χ0v) is 8.69. The minimum absolute atomic E-state index is 0.497. The van der Waals surface area contributed by atoms with Crippen LogP contribution in [0.2, 0.25) is 0 Å². The molecule has 2 heterocycles. The molecule has 2 rings (SSSR count). The second-order valence-corrected chi connectivity index (χ2v) is 3.30. The van der Waals surface area contributed by atoms with Crippen LogP contribution in [0, 0.1) is 13.8 Å². The molecule has 0 aliphatic rings. The van der Waals surface area contributed by atoms with Crippen LogP contribution >= 0.6 is 0 Å². The van der Waals surface area contributed by atoms with E-state index in [9.17, 15) is 0 Å². The van der Waals surface area contributed by atoms with E-state index in [1.54, 1.807) is 18.6 Å². The highest BCUT2D eigenvalue weighted by molar-refractivity contribution is 5.24. The predicted octanol–water partition coefficient (Wildman–Crippen LogP) is 1.69. The summed E-state index contributed by atoms with van der Waals surface area (Å²) >= 11 is 0. The van der Waals surface area contributed by atoms with Crippen molar-refractivity contribution in [3.8, 4) is 0 Å². The molecule has 0 aromatic carbocycles. The molecule has 1 N–H and O–H groups in total. The zero-order valence-electron chi connectivity index (χ0n) is 8.69. The quantitative estimate of drug-likeness (QED) is 0.824. The third kappa shape index (κ3) is 2.52. The van der Waals surface area contributed by atoms with Crippen LogP contribution in [-0.4, -0.2) is 15.0 Å². The molecule has 0 aliphatic carbocycles. The van der Waals surface area contributed by atoms with Crippen molar-refractivity contribution >= 4 is 5.95 Å². The molecular formula is C10H12N4O. The summed E-state index contributed by atoms with van der Waals surface area (Å²) in [5.74, 6) is 2.02. The first-order valence-electron chi connectivity index (χ1n) is 4.68. The van der Waals surface area contributed by atoms with Crippen LogP contribution in [0.15, 0.2) is 23.0 Å². The van der Waals surface area contributed by atoms with Crippen molar-refractivity contribution in [3.05, 3.63) is 35.8 Å². The van der Waals surface area contributed by atoms with E-state index in [-0.39, 0.29) is 0 Å². The van der Waals surface area contributed by atoms with Crippen molar-refractivity contribution < 1.29 is 4.42 Å². The van der Waals surface area contributed by atoms with Gasteiger partial charge in [0.25, 0.3) is 0 Å². The van der Waals surface area contributed by atoms with E-state index in [4.69, 9.17) is 4.42 Å². The molecule has 2 aromatic heterocycles. The number of aryl methyl sites for hydroxylation is 2. The van der Waals surface area contributed by atoms with Crippen molar-refractivity contribution in [2.45, 2.75) is 20.4 Å². The summed E-state index contributed by atoms with van der Waals surface area (Å²) in [5.41, 5.74) is 1.03. The van der Waals surface area contributed by atoms with Gasteiger partial charge in [0.1, 0.15) is 5.76 Å². The second-order valence-electron chi connectivity index (χ2n) is 3.30. The Morgan fingerprint density at radius 2 is 1.87 bits per heavy atom. The van der Waals surface area contributed by atoms with Crippen LogP contribution in [0.5, 0.6) is 0 Å². The van der Waals surface area contributed by atoms with Gasteiger partial charge < -0.3 is 9.73 Å². The summed E-state index contributed by atoms with van der Waals surface area (Å²) < 4.78 is 5.30. The molecule has 5 nitrogen and oxygen atoms in total. The maximum absolute atomic E-state index is 5.30. The van der Waals surface area contributed by atoms with Gasteiger partial charge in [-0.25, -0.2) is 15.0 Å². The molecule has 15 heavy (non-hydrogen) atoms. The topological polar surface area (TPSA) is 63.8 Å². The normalized spacial score (nSPS) is 10.3. The number of rotatable bonds is 3. The van der Waals surface area contributed by atoms with Crippen LogP contribution in [0.4, 0.5) is 5.95 Å². The Balaban J connectivity index is 1.96. The average molecular weight is 204 g/mol. The van der Waals surface area contributed by atoms with E-state index >= 15 is 0 Å². The van der Waals surface area contributed by atoms with E-state index < -0.39 is 0 Å². The third-order valence-corrected chi connectivity index (χ3v) is 1.85. The van der Waals surface area contributed by atoms with Gasteiger partial charge in [0.15, 0.2) is 0 Å².